The van der Waals surface area contributed by atoms with Gasteiger partial charge >= 0.3 is 0 Å². The molecule has 0 aromatic carbocycles. The molecule has 12 heavy (non-hydrogen) atoms. The molecule has 0 aromatic heterocycles. The van der Waals surface area contributed by atoms with E-state index in [1.165, 1.54) is 12.8 Å². The fourth-order valence-corrected chi connectivity index (χ4v) is 2.09. The van der Waals surface area contributed by atoms with Crippen LogP contribution in [0.4, 0.5) is 0 Å². The van der Waals surface area contributed by atoms with Gasteiger partial charge in [0.15, 0.2) is 0 Å². The molecule has 0 saturated carbocycles. The Morgan fingerprint density at radius 1 is 1.58 bits per heavy atom. The van der Waals surface area contributed by atoms with Crippen LogP contribution in [0.15, 0.2) is 25.3 Å². The molecule has 1 aliphatic rings. The zero-order valence-corrected chi connectivity index (χ0v) is 8.34. The highest BCUT2D eigenvalue weighted by Crippen LogP contribution is 2.24. The van der Waals surface area contributed by atoms with Crippen molar-refractivity contribution in [2.24, 2.45) is 0 Å². The van der Waals surface area contributed by atoms with Crippen molar-refractivity contribution < 1.29 is 0 Å². The molecule has 68 valence electrons. The Morgan fingerprint density at radius 2 is 2.33 bits per heavy atom. The molecule has 0 N–H and O–H groups in total. The molecule has 2 heteroatoms. The predicted octanol–water partition coefficient (Wildman–Crippen LogP) is 2.47. The van der Waals surface area contributed by atoms with Crippen LogP contribution in [0.5, 0.6) is 0 Å². The van der Waals surface area contributed by atoms with Crippen LogP contribution in [0.2, 0.25) is 0 Å². The van der Waals surface area contributed by atoms with Crippen molar-refractivity contribution in [2.75, 3.05) is 6.54 Å². The molecule has 1 aliphatic heterocycles. The maximum Gasteiger partial charge on any atom is 0.0714 e. The average molecular weight is 183 g/mol. The highest BCUT2D eigenvalue weighted by Gasteiger charge is 2.26. The number of nitrogens with zero attached hydrogens (tertiary/aromatic N) is 1. The van der Waals surface area contributed by atoms with Gasteiger partial charge in [0.05, 0.1) is 5.37 Å². The number of thiol groups is 1. The Balaban J connectivity index is 2.50. The zero-order chi connectivity index (χ0) is 8.97. The molecule has 0 amide bonds. The SMILES string of the molecule is C=CCC1CCCN1C(S)C=C. The van der Waals surface area contributed by atoms with E-state index in [9.17, 15) is 0 Å². The van der Waals surface area contributed by atoms with Crippen LogP contribution in [-0.4, -0.2) is 22.9 Å². The van der Waals surface area contributed by atoms with Gasteiger partial charge in [-0.15, -0.1) is 13.2 Å². The van der Waals surface area contributed by atoms with E-state index in [1.54, 1.807) is 0 Å². The number of hydrogen-bond acceptors (Lipinski definition) is 2. The summed E-state index contributed by atoms with van der Waals surface area (Å²) < 4.78 is 0. The maximum atomic E-state index is 4.45. The van der Waals surface area contributed by atoms with E-state index < -0.39 is 0 Å². The first-order valence-corrected chi connectivity index (χ1v) is 4.98. The summed E-state index contributed by atoms with van der Waals surface area (Å²) >= 11 is 4.45. The van der Waals surface area contributed by atoms with E-state index in [2.05, 4.69) is 30.7 Å². The lowest BCUT2D eigenvalue weighted by atomic mass is 10.1. The number of likely N-dealkylation sites (tertiary alicyclic amines) is 1. The minimum atomic E-state index is 0.220. The van der Waals surface area contributed by atoms with Gasteiger partial charge in [-0.05, 0) is 25.8 Å². The summed E-state index contributed by atoms with van der Waals surface area (Å²) in [6, 6.07) is 0.642. The number of rotatable bonds is 4. The lowest BCUT2D eigenvalue weighted by Crippen LogP contribution is -2.34. The molecule has 1 rings (SSSR count). The molecule has 0 aliphatic carbocycles. The molecule has 1 fully saturated rings. The summed E-state index contributed by atoms with van der Waals surface area (Å²) in [5.74, 6) is 0. The van der Waals surface area contributed by atoms with Gasteiger partial charge in [0.2, 0.25) is 0 Å². The number of hydrogen-bond donors (Lipinski definition) is 1. The first-order chi connectivity index (χ1) is 5.79. The van der Waals surface area contributed by atoms with E-state index in [0.717, 1.165) is 13.0 Å². The second-order valence-corrected chi connectivity index (χ2v) is 3.74. The summed E-state index contributed by atoms with van der Waals surface area (Å²) in [5, 5.41) is 0.220. The Morgan fingerprint density at radius 3 is 2.92 bits per heavy atom. The summed E-state index contributed by atoms with van der Waals surface area (Å²) in [6.07, 6.45) is 7.52. The van der Waals surface area contributed by atoms with Gasteiger partial charge in [0.1, 0.15) is 0 Å². The third-order valence-electron chi connectivity index (χ3n) is 2.41. The van der Waals surface area contributed by atoms with E-state index in [0.29, 0.717) is 6.04 Å². The minimum Gasteiger partial charge on any atom is -0.285 e. The van der Waals surface area contributed by atoms with Gasteiger partial charge in [-0.1, -0.05) is 12.2 Å². The van der Waals surface area contributed by atoms with Crippen LogP contribution in [0.3, 0.4) is 0 Å². The molecular weight excluding hydrogens is 166 g/mol. The quantitative estimate of drug-likeness (QED) is 0.517. The first-order valence-electron chi connectivity index (χ1n) is 4.47. The van der Waals surface area contributed by atoms with Crippen LogP contribution < -0.4 is 0 Å². The smallest absolute Gasteiger partial charge is 0.0714 e. The molecule has 0 radical (unpaired) electrons. The normalized spacial score (nSPS) is 26.9. The molecule has 1 saturated heterocycles. The van der Waals surface area contributed by atoms with Crippen molar-refractivity contribution in [1.82, 2.24) is 4.90 Å². The molecule has 1 heterocycles. The summed E-state index contributed by atoms with van der Waals surface area (Å²) in [6.45, 7) is 8.67. The maximum absolute atomic E-state index is 4.45. The highest BCUT2D eigenvalue weighted by molar-refractivity contribution is 7.81. The van der Waals surface area contributed by atoms with Crippen molar-refractivity contribution in [1.29, 1.82) is 0 Å². The van der Waals surface area contributed by atoms with Gasteiger partial charge in [-0.2, -0.15) is 12.6 Å². The fourth-order valence-electron chi connectivity index (χ4n) is 1.79. The van der Waals surface area contributed by atoms with Crippen LogP contribution in [0, 0.1) is 0 Å². The Labute approximate surface area is 80.6 Å². The summed E-state index contributed by atoms with van der Waals surface area (Å²) in [7, 11) is 0. The van der Waals surface area contributed by atoms with Crippen LogP contribution in [0.1, 0.15) is 19.3 Å². The van der Waals surface area contributed by atoms with Crippen LogP contribution in [-0.2, 0) is 0 Å². The second-order valence-electron chi connectivity index (χ2n) is 3.21. The van der Waals surface area contributed by atoms with Gasteiger partial charge in [-0.25, -0.2) is 0 Å². The van der Waals surface area contributed by atoms with E-state index >= 15 is 0 Å². The Kier molecular flexibility index (Phi) is 3.89. The Hall–Kier alpha value is -0.210. The van der Waals surface area contributed by atoms with Crippen LogP contribution >= 0.6 is 12.6 Å². The largest absolute Gasteiger partial charge is 0.285 e. The van der Waals surface area contributed by atoms with E-state index in [4.69, 9.17) is 0 Å². The molecular formula is C10H17NS. The van der Waals surface area contributed by atoms with E-state index in [-0.39, 0.29) is 5.37 Å². The minimum absolute atomic E-state index is 0.220. The Bertz CT molecular complexity index is 167. The third-order valence-corrected chi connectivity index (χ3v) is 2.92. The van der Waals surface area contributed by atoms with E-state index in [1.807, 2.05) is 12.2 Å². The van der Waals surface area contributed by atoms with Crippen molar-refractivity contribution in [2.45, 2.75) is 30.7 Å². The van der Waals surface area contributed by atoms with Crippen molar-refractivity contribution >= 4 is 12.6 Å². The average Bonchev–Trinajstić information content (AvgIpc) is 2.52. The lowest BCUT2D eigenvalue weighted by Gasteiger charge is -2.27. The molecule has 0 aromatic rings. The zero-order valence-electron chi connectivity index (χ0n) is 7.45. The molecule has 0 spiro atoms. The second kappa shape index (κ2) is 4.73. The molecule has 2 atom stereocenters. The topological polar surface area (TPSA) is 3.24 Å². The summed E-state index contributed by atoms with van der Waals surface area (Å²) in [5.41, 5.74) is 0. The molecule has 0 bridgehead atoms. The van der Waals surface area contributed by atoms with Gasteiger partial charge in [-0.3, -0.25) is 4.90 Å². The molecule has 2 unspecified atom stereocenters. The summed E-state index contributed by atoms with van der Waals surface area (Å²) in [4.78, 5) is 2.39. The van der Waals surface area contributed by atoms with Crippen LogP contribution in [0.25, 0.3) is 0 Å². The fraction of sp³-hybridized carbons (Fsp3) is 0.600. The highest BCUT2D eigenvalue weighted by atomic mass is 32.1. The van der Waals surface area contributed by atoms with Crippen molar-refractivity contribution in [3.63, 3.8) is 0 Å². The monoisotopic (exact) mass is 183 g/mol. The standard InChI is InChI=1S/C10H17NS/c1-3-6-9-7-5-8-11(9)10(12)4-2/h3-4,9-10,12H,1-2,5-8H2. The van der Waals surface area contributed by atoms with Crippen molar-refractivity contribution in [3.05, 3.63) is 25.3 Å². The van der Waals surface area contributed by atoms with Gasteiger partial charge in [0, 0.05) is 6.04 Å². The predicted molar refractivity (Wildman–Crippen MR) is 57.5 cm³/mol. The third kappa shape index (κ3) is 2.14. The van der Waals surface area contributed by atoms with Gasteiger partial charge in [0.25, 0.3) is 0 Å². The van der Waals surface area contributed by atoms with Crippen molar-refractivity contribution in [3.8, 4) is 0 Å². The molecule has 1 nitrogen and oxygen atoms in total. The van der Waals surface area contributed by atoms with Gasteiger partial charge < -0.3 is 0 Å². The lowest BCUT2D eigenvalue weighted by molar-refractivity contribution is 0.265. The first kappa shape index (κ1) is 9.87.